The predicted octanol–water partition coefficient (Wildman–Crippen LogP) is 4.94. The van der Waals surface area contributed by atoms with Crippen molar-refractivity contribution in [2.45, 2.75) is 25.6 Å². The summed E-state index contributed by atoms with van der Waals surface area (Å²) < 4.78 is 0. The lowest BCUT2D eigenvalue weighted by molar-refractivity contribution is 0.923. The normalized spacial score (nSPS) is 12.7. The van der Waals surface area contributed by atoms with Gasteiger partial charge in [0, 0.05) is 9.90 Å². The Hall–Kier alpha value is -0.570. The van der Waals surface area contributed by atoms with E-state index < -0.39 is 0 Å². The molecule has 0 N–H and O–H groups in total. The van der Waals surface area contributed by atoms with Gasteiger partial charge in [0.25, 0.3) is 0 Å². The van der Waals surface area contributed by atoms with Gasteiger partial charge in [-0.3, -0.25) is 0 Å². The first-order valence-corrected chi connectivity index (χ1v) is 7.02. The molecule has 1 aromatic heterocycles. The summed E-state index contributed by atoms with van der Waals surface area (Å²) in [5.74, 6) is 0. The number of thiazole rings is 1. The van der Waals surface area contributed by atoms with Gasteiger partial charge in [-0.25, -0.2) is 4.98 Å². The molecule has 0 aliphatic carbocycles. The zero-order valence-corrected chi connectivity index (χ0v) is 12.0. The number of aromatic nitrogens is 1. The number of hydrogen-bond donors (Lipinski definition) is 0. The summed E-state index contributed by atoms with van der Waals surface area (Å²) >= 11 is 14.1. The highest BCUT2D eigenvalue weighted by Gasteiger charge is 2.15. The van der Waals surface area contributed by atoms with Crippen LogP contribution < -0.4 is 0 Å². The van der Waals surface area contributed by atoms with Crippen LogP contribution in [0.2, 0.25) is 5.02 Å². The summed E-state index contributed by atoms with van der Waals surface area (Å²) in [6.07, 6.45) is 0.782. The van der Waals surface area contributed by atoms with Crippen molar-refractivity contribution in [3.05, 3.63) is 50.4 Å². The van der Waals surface area contributed by atoms with E-state index in [1.807, 2.05) is 38.1 Å². The fraction of sp³-hybridized carbons (Fsp3) is 0.308. The zero-order chi connectivity index (χ0) is 12.4. The molecule has 1 heterocycles. The van der Waals surface area contributed by atoms with E-state index in [1.54, 1.807) is 11.3 Å². The van der Waals surface area contributed by atoms with E-state index in [9.17, 15) is 0 Å². The minimum Gasteiger partial charge on any atom is -0.247 e. The average molecular weight is 286 g/mol. The smallest absolute Gasteiger partial charge is 0.0900 e. The third-order valence-electron chi connectivity index (χ3n) is 2.53. The molecule has 1 nitrogen and oxygen atoms in total. The minimum absolute atomic E-state index is 0.0281. The number of benzene rings is 1. The van der Waals surface area contributed by atoms with Crippen LogP contribution in [0.5, 0.6) is 0 Å². The van der Waals surface area contributed by atoms with Crippen LogP contribution in [0, 0.1) is 13.8 Å². The second-order valence-electron chi connectivity index (χ2n) is 3.98. The molecular formula is C13H13Cl2NS. The van der Waals surface area contributed by atoms with Crippen molar-refractivity contribution in [2.24, 2.45) is 0 Å². The molecule has 90 valence electrons. The largest absolute Gasteiger partial charge is 0.247 e. The molecule has 0 spiro atoms. The molecule has 2 aromatic rings. The van der Waals surface area contributed by atoms with Crippen LogP contribution in [0.25, 0.3) is 0 Å². The molecule has 1 aromatic carbocycles. The molecule has 0 saturated heterocycles. The molecule has 0 aliphatic heterocycles. The Balaban J connectivity index is 2.16. The van der Waals surface area contributed by atoms with Gasteiger partial charge in [-0.2, -0.15) is 0 Å². The second-order valence-corrected chi connectivity index (χ2v) is 6.18. The number of aryl methyl sites for hydroxylation is 2. The Kier molecular flexibility index (Phi) is 4.08. The number of nitrogens with zero attached hydrogens (tertiary/aromatic N) is 1. The molecule has 0 radical (unpaired) electrons. The van der Waals surface area contributed by atoms with E-state index in [-0.39, 0.29) is 5.38 Å². The molecule has 1 atom stereocenters. The van der Waals surface area contributed by atoms with Gasteiger partial charge in [0.1, 0.15) is 0 Å². The first-order chi connectivity index (χ1) is 8.06. The van der Waals surface area contributed by atoms with Crippen LogP contribution >= 0.6 is 34.5 Å². The minimum atomic E-state index is -0.0281. The van der Waals surface area contributed by atoms with E-state index in [0.717, 1.165) is 32.6 Å². The summed E-state index contributed by atoms with van der Waals surface area (Å²) in [4.78, 5) is 5.56. The van der Waals surface area contributed by atoms with Crippen LogP contribution in [0.1, 0.15) is 26.5 Å². The highest BCUT2D eigenvalue weighted by atomic mass is 35.5. The number of halogens is 2. The van der Waals surface area contributed by atoms with Crippen LogP contribution in [0.15, 0.2) is 24.3 Å². The molecule has 0 saturated carbocycles. The van der Waals surface area contributed by atoms with Crippen molar-refractivity contribution < 1.29 is 0 Å². The van der Waals surface area contributed by atoms with Crippen molar-refractivity contribution in [1.29, 1.82) is 0 Å². The summed E-state index contributed by atoms with van der Waals surface area (Å²) in [7, 11) is 0. The highest BCUT2D eigenvalue weighted by molar-refractivity contribution is 7.12. The van der Waals surface area contributed by atoms with Gasteiger partial charge in [-0.05, 0) is 38.0 Å². The van der Waals surface area contributed by atoms with Gasteiger partial charge < -0.3 is 0 Å². The lowest BCUT2D eigenvalue weighted by Crippen LogP contribution is -1.95. The summed E-state index contributed by atoms with van der Waals surface area (Å²) in [6.45, 7) is 4.01. The molecule has 1 unspecified atom stereocenters. The summed E-state index contributed by atoms with van der Waals surface area (Å²) in [6, 6.07) is 7.83. The molecule has 2 rings (SSSR count). The summed E-state index contributed by atoms with van der Waals surface area (Å²) in [5, 5.41) is 1.79. The van der Waals surface area contributed by atoms with Crippen molar-refractivity contribution in [3.8, 4) is 0 Å². The molecule has 0 aliphatic rings. The molecule has 0 bridgehead atoms. The Morgan fingerprint density at radius 1 is 1.35 bits per heavy atom. The van der Waals surface area contributed by atoms with E-state index in [2.05, 4.69) is 4.98 Å². The first-order valence-electron chi connectivity index (χ1n) is 5.38. The van der Waals surface area contributed by atoms with Crippen LogP contribution in [0.3, 0.4) is 0 Å². The van der Waals surface area contributed by atoms with E-state index >= 15 is 0 Å². The average Bonchev–Trinajstić information content (AvgIpc) is 2.58. The number of alkyl halides is 1. The van der Waals surface area contributed by atoms with Gasteiger partial charge in [0.2, 0.25) is 0 Å². The Labute approximate surface area is 115 Å². The van der Waals surface area contributed by atoms with Crippen molar-refractivity contribution in [1.82, 2.24) is 4.98 Å². The Bertz CT molecular complexity index is 522. The maximum atomic E-state index is 6.44. The second kappa shape index (κ2) is 5.38. The lowest BCUT2D eigenvalue weighted by Gasteiger charge is -2.08. The molecule has 4 heteroatoms. The SMILES string of the molecule is Cc1nc(C)c(C(Cl)Cc2cccc(Cl)c2)s1. The number of hydrogen-bond acceptors (Lipinski definition) is 2. The lowest BCUT2D eigenvalue weighted by atomic mass is 10.1. The van der Waals surface area contributed by atoms with E-state index in [4.69, 9.17) is 23.2 Å². The standard InChI is InChI=1S/C13H13Cl2NS/c1-8-13(17-9(2)16-8)12(15)7-10-4-3-5-11(14)6-10/h3-6,12H,7H2,1-2H3. The monoisotopic (exact) mass is 285 g/mol. The maximum absolute atomic E-state index is 6.44. The highest BCUT2D eigenvalue weighted by Crippen LogP contribution is 2.32. The van der Waals surface area contributed by atoms with Crippen molar-refractivity contribution in [2.75, 3.05) is 0 Å². The van der Waals surface area contributed by atoms with Gasteiger partial charge >= 0.3 is 0 Å². The van der Waals surface area contributed by atoms with E-state index in [1.165, 1.54) is 0 Å². The van der Waals surface area contributed by atoms with Gasteiger partial charge in [0.05, 0.1) is 16.1 Å². The fourth-order valence-corrected chi connectivity index (χ4v) is 3.39. The number of rotatable bonds is 3. The first kappa shape index (κ1) is 12.9. The molecule has 17 heavy (non-hydrogen) atoms. The Morgan fingerprint density at radius 2 is 2.12 bits per heavy atom. The fourth-order valence-electron chi connectivity index (χ4n) is 1.80. The summed E-state index contributed by atoms with van der Waals surface area (Å²) in [5.41, 5.74) is 2.19. The topological polar surface area (TPSA) is 12.9 Å². The van der Waals surface area contributed by atoms with Gasteiger partial charge in [-0.1, -0.05) is 23.7 Å². The Morgan fingerprint density at radius 3 is 2.71 bits per heavy atom. The molecular weight excluding hydrogens is 273 g/mol. The predicted molar refractivity (Wildman–Crippen MR) is 75.3 cm³/mol. The van der Waals surface area contributed by atoms with Crippen LogP contribution in [0.4, 0.5) is 0 Å². The van der Waals surface area contributed by atoms with Crippen LogP contribution in [-0.4, -0.2) is 4.98 Å². The van der Waals surface area contributed by atoms with E-state index in [0.29, 0.717) is 0 Å². The quantitative estimate of drug-likeness (QED) is 0.728. The molecule has 0 amide bonds. The van der Waals surface area contributed by atoms with Crippen molar-refractivity contribution in [3.63, 3.8) is 0 Å². The third-order valence-corrected chi connectivity index (χ3v) is 4.45. The van der Waals surface area contributed by atoms with Crippen LogP contribution in [-0.2, 0) is 6.42 Å². The zero-order valence-electron chi connectivity index (χ0n) is 9.71. The maximum Gasteiger partial charge on any atom is 0.0900 e. The van der Waals surface area contributed by atoms with Gasteiger partial charge in [-0.15, -0.1) is 22.9 Å². The third kappa shape index (κ3) is 3.21. The molecule has 0 fully saturated rings. The van der Waals surface area contributed by atoms with Gasteiger partial charge in [0.15, 0.2) is 0 Å². The van der Waals surface area contributed by atoms with Crippen molar-refractivity contribution >= 4 is 34.5 Å².